The fraction of sp³-hybridized carbons (Fsp3) is 0.286. The Balaban J connectivity index is 3.53. The van der Waals surface area contributed by atoms with Gasteiger partial charge in [-0.2, -0.15) is 0 Å². The van der Waals surface area contributed by atoms with E-state index in [1.54, 1.807) is 0 Å². The Hall–Kier alpha value is -0.470. The summed E-state index contributed by atoms with van der Waals surface area (Å²) in [4.78, 5) is 3.25. The van der Waals surface area contributed by atoms with Crippen molar-refractivity contribution < 1.29 is 21.9 Å². The van der Waals surface area contributed by atoms with E-state index in [1.807, 2.05) is 0 Å². The Bertz CT molecular complexity index is 509. The minimum Gasteiger partial charge on any atom is -0.495 e. The number of rotatable bonds is 3. The van der Waals surface area contributed by atoms with E-state index in [4.69, 9.17) is 15.4 Å². The zero-order valence-electron chi connectivity index (χ0n) is 7.75. The van der Waals surface area contributed by atoms with Crippen LogP contribution in [0.15, 0.2) is 15.6 Å². The molecule has 0 fully saturated rings. The van der Waals surface area contributed by atoms with Crippen molar-refractivity contribution in [1.82, 2.24) is 4.98 Å². The first-order valence-corrected chi connectivity index (χ1v) is 6.85. The molecule has 0 spiro atoms. The molecule has 16 heavy (non-hydrogen) atoms. The Labute approximate surface area is 103 Å². The third kappa shape index (κ3) is 2.80. The number of pyridine rings is 1. The lowest BCUT2D eigenvalue weighted by Gasteiger charge is -2.09. The average Bonchev–Trinajstić information content (AvgIpc) is 2.15. The van der Waals surface area contributed by atoms with Crippen LogP contribution >= 0.6 is 26.6 Å². The molecule has 1 aromatic heterocycles. The van der Waals surface area contributed by atoms with Crippen LogP contribution in [0, 0.1) is 0 Å². The standard InChI is InChI=1S/C7H5BrClF2NO3S/c1-15-3-2-4(16(9,13)14)12-6(5(3)8)7(10)11/h2,7H,1H3. The lowest BCUT2D eigenvalue weighted by Crippen LogP contribution is -2.02. The van der Waals surface area contributed by atoms with Crippen LogP contribution in [0.25, 0.3) is 0 Å². The quantitative estimate of drug-likeness (QED) is 0.796. The maximum absolute atomic E-state index is 12.5. The molecule has 0 radical (unpaired) electrons. The summed E-state index contributed by atoms with van der Waals surface area (Å²) in [7, 11) is 2.04. The number of methoxy groups -OCH3 is 1. The summed E-state index contributed by atoms with van der Waals surface area (Å²) in [5.41, 5.74) is -0.737. The average molecular weight is 337 g/mol. The number of aromatic nitrogens is 1. The van der Waals surface area contributed by atoms with Gasteiger partial charge in [0.15, 0.2) is 5.03 Å². The Kier molecular flexibility index (Phi) is 4.08. The van der Waals surface area contributed by atoms with Crippen molar-refractivity contribution in [3.05, 3.63) is 16.2 Å². The molecule has 0 aliphatic heterocycles. The van der Waals surface area contributed by atoms with Gasteiger partial charge >= 0.3 is 0 Å². The fourth-order valence-corrected chi connectivity index (χ4v) is 2.15. The van der Waals surface area contributed by atoms with Gasteiger partial charge < -0.3 is 4.74 Å². The molecular weight excluding hydrogens is 332 g/mol. The van der Waals surface area contributed by atoms with Gasteiger partial charge in [-0.1, -0.05) is 0 Å². The van der Waals surface area contributed by atoms with Crippen LogP contribution in [-0.4, -0.2) is 20.5 Å². The molecule has 9 heteroatoms. The van der Waals surface area contributed by atoms with Crippen molar-refractivity contribution in [2.45, 2.75) is 11.5 Å². The normalized spacial score (nSPS) is 11.9. The lowest BCUT2D eigenvalue weighted by molar-refractivity contribution is 0.143. The van der Waals surface area contributed by atoms with Crippen LogP contribution in [0.2, 0.25) is 0 Å². The number of alkyl halides is 2. The van der Waals surface area contributed by atoms with E-state index >= 15 is 0 Å². The van der Waals surface area contributed by atoms with Crippen molar-refractivity contribution in [3.8, 4) is 5.75 Å². The van der Waals surface area contributed by atoms with Crippen LogP contribution < -0.4 is 4.74 Å². The zero-order chi connectivity index (χ0) is 12.5. The van der Waals surface area contributed by atoms with E-state index < -0.39 is 26.2 Å². The second-order valence-corrected chi connectivity index (χ2v) is 5.91. The highest BCUT2D eigenvalue weighted by Gasteiger charge is 2.23. The monoisotopic (exact) mass is 335 g/mol. The van der Waals surface area contributed by atoms with Gasteiger partial charge in [-0.25, -0.2) is 22.2 Å². The molecule has 0 aromatic carbocycles. The van der Waals surface area contributed by atoms with Gasteiger partial charge in [-0.05, 0) is 15.9 Å². The summed E-state index contributed by atoms with van der Waals surface area (Å²) < 4.78 is 51.6. The number of hydrogen-bond acceptors (Lipinski definition) is 4. The predicted octanol–water partition coefficient (Wildman–Crippen LogP) is 2.72. The highest BCUT2D eigenvalue weighted by molar-refractivity contribution is 9.10. The minimum atomic E-state index is -4.18. The third-order valence-electron chi connectivity index (χ3n) is 1.60. The second kappa shape index (κ2) is 4.80. The molecule has 0 aliphatic carbocycles. The molecule has 90 valence electrons. The molecule has 0 atom stereocenters. The zero-order valence-corrected chi connectivity index (χ0v) is 10.9. The van der Waals surface area contributed by atoms with Gasteiger partial charge in [-0.15, -0.1) is 0 Å². The van der Waals surface area contributed by atoms with E-state index in [0.717, 1.165) is 6.07 Å². The smallest absolute Gasteiger partial charge is 0.281 e. The van der Waals surface area contributed by atoms with E-state index in [9.17, 15) is 17.2 Å². The van der Waals surface area contributed by atoms with Crippen LogP contribution in [-0.2, 0) is 9.05 Å². The van der Waals surface area contributed by atoms with Gasteiger partial charge in [0.1, 0.15) is 11.4 Å². The Morgan fingerprint density at radius 2 is 2.12 bits per heavy atom. The number of halogens is 4. The summed E-state index contributed by atoms with van der Waals surface area (Å²) in [6, 6.07) is 0.957. The maximum Gasteiger partial charge on any atom is 0.281 e. The predicted molar refractivity (Wildman–Crippen MR) is 56.5 cm³/mol. The van der Waals surface area contributed by atoms with Gasteiger partial charge in [0, 0.05) is 16.7 Å². The number of nitrogens with zero attached hydrogens (tertiary/aromatic N) is 1. The van der Waals surface area contributed by atoms with Crippen molar-refractivity contribution in [1.29, 1.82) is 0 Å². The molecule has 4 nitrogen and oxygen atoms in total. The molecule has 0 amide bonds. The van der Waals surface area contributed by atoms with E-state index in [1.165, 1.54) is 7.11 Å². The molecule has 0 N–H and O–H groups in total. The Morgan fingerprint density at radius 3 is 2.50 bits per heavy atom. The SMILES string of the molecule is COc1cc(S(=O)(=O)Cl)nc(C(F)F)c1Br. The summed E-state index contributed by atoms with van der Waals surface area (Å²) in [6.07, 6.45) is -2.94. The molecule has 0 aliphatic rings. The summed E-state index contributed by atoms with van der Waals surface area (Å²) in [6.45, 7) is 0. The molecule has 1 heterocycles. The first kappa shape index (κ1) is 13.6. The van der Waals surface area contributed by atoms with Gasteiger partial charge in [0.2, 0.25) is 0 Å². The topological polar surface area (TPSA) is 56.3 Å². The summed E-state index contributed by atoms with van der Waals surface area (Å²) in [5.74, 6) is -0.0791. The van der Waals surface area contributed by atoms with Crippen LogP contribution in [0.3, 0.4) is 0 Å². The molecule has 0 saturated heterocycles. The number of ether oxygens (including phenoxy) is 1. The molecule has 0 bridgehead atoms. The highest BCUT2D eigenvalue weighted by Crippen LogP contribution is 2.35. The molecule has 1 aromatic rings. The van der Waals surface area contributed by atoms with E-state index in [0.29, 0.717) is 0 Å². The van der Waals surface area contributed by atoms with Crippen molar-refractivity contribution in [2.75, 3.05) is 7.11 Å². The van der Waals surface area contributed by atoms with Crippen molar-refractivity contribution in [2.24, 2.45) is 0 Å². The number of hydrogen-bond donors (Lipinski definition) is 0. The first-order chi connectivity index (χ1) is 7.27. The molecular formula is C7H5BrClF2NO3S. The van der Waals surface area contributed by atoms with Gasteiger partial charge in [-0.3, -0.25) is 0 Å². The van der Waals surface area contributed by atoms with Crippen LogP contribution in [0.5, 0.6) is 5.75 Å². The summed E-state index contributed by atoms with van der Waals surface area (Å²) in [5, 5.41) is -0.676. The maximum atomic E-state index is 12.5. The van der Waals surface area contributed by atoms with Crippen molar-refractivity contribution >= 4 is 35.7 Å². The van der Waals surface area contributed by atoms with Crippen LogP contribution in [0.4, 0.5) is 8.78 Å². The highest BCUT2D eigenvalue weighted by atomic mass is 79.9. The van der Waals surface area contributed by atoms with E-state index in [-0.39, 0.29) is 10.2 Å². The van der Waals surface area contributed by atoms with E-state index in [2.05, 4.69) is 20.9 Å². The van der Waals surface area contributed by atoms with Crippen LogP contribution in [0.1, 0.15) is 12.1 Å². The minimum absolute atomic E-state index is 0.0791. The van der Waals surface area contributed by atoms with Crippen molar-refractivity contribution in [3.63, 3.8) is 0 Å². The largest absolute Gasteiger partial charge is 0.495 e. The fourth-order valence-electron chi connectivity index (χ4n) is 0.920. The Morgan fingerprint density at radius 1 is 1.56 bits per heavy atom. The third-order valence-corrected chi connectivity index (χ3v) is 3.58. The second-order valence-electron chi connectivity index (χ2n) is 2.60. The molecule has 1 rings (SSSR count). The molecule has 0 unspecified atom stereocenters. The lowest BCUT2D eigenvalue weighted by atomic mass is 10.3. The van der Waals surface area contributed by atoms with Gasteiger partial charge in [0.05, 0.1) is 11.6 Å². The first-order valence-electron chi connectivity index (χ1n) is 3.74. The van der Waals surface area contributed by atoms with Gasteiger partial charge in [0.25, 0.3) is 15.5 Å². The summed E-state index contributed by atoms with van der Waals surface area (Å²) >= 11 is 2.84. The molecule has 0 saturated carbocycles.